The van der Waals surface area contributed by atoms with Crippen LogP contribution in [0, 0.1) is 11.3 Å². The lowest BCUT2D eigenvalue weighted by Gasteiger charge is -2.32. The maximum atomic E-state index is 12.9. The molecule has 0 bridgehead atoms. The number of hydrogen-bond acceptors (Lipinski definition) is 4. The monoisotopic (exact) mass is 352 g/mol. The number of nitrogens with two attached hydrogens (primary N) is 1. The van der Waals surface area contributed by atoms with E-state index in [9.17, 15) is 18.4 Å². The second-order valence-electron chi connectivity index (χ2n) is 6.92. The lowest BCUT2D eigenvalue weighted by atomic mass is 9.76. The Morgan fingerprint density at radius 3 is 2.24 bits per heavy atom. The summed E-state index contributed by atoms with van der Waals surface area (Å²) in [5.74, 6) is 0. The third kappa shape index (κ3) is 3.89. The molecule has 2 rings (SSSR count). The highest BCUT2D eigenvalue weighted by Gasteiger charge is 2.52. The van der Waals surface area contributed by atoms with Gasteiger partial charge in [0.1, 0.15) is 0 Å². The predicted octanol–water partition coefficient (Wildman–Crippen LogP) is 3.55. The summed E-state index contributed by atoms with van der Waals surface area (Å²) < 4.78 is 50.6. The average molecular weight is 352 g/mol. The quantitative estimate of drug-likeness (QED) is 0.845. The maximum absolute atomic E-state index is 12.9. The van der Waals surface area contributed by atoms with Crippen molar-refractivity contribution in [2.45, 2.75) is 45.1 Å². The fourth-order valence-electron chi connectivity index (χ4n) is 2.38. The van der Waals surface area contributed by atoms with Crippen molar-refractivity contribution >= 4 is 13.2 Å². The summed E-state index contributed by atoms with van der Waals surface area (Å²) in [6, 6.07) is 4.85. The van der Waals surface area contributed by atoms with Gasteiger partial charge in [0.15, 0.2) is 0 Å². The number of halogens is 3. The standard InChI is InChI=1S/C17H20BF3N2O2/c1-15(2)16(3,4)25-18(24-15)14(10-23)8-12-7-13(17(19,20)21)6-5-11(12)9-22/h5-8H,10,23H2,1-4H3. The summed E-state index contributed by atoms with van der Waals surface area (Å²) in [4.78, 5) is 0. The van der Waals surface area contributed by atoms with E-state index >= 15 is 0 Å². The smallest absolute Gasteiger partial charge is 0.400 e. The highest BCUT2D eigenvalue weighted by molar-refractivity contribution is 6.55. The van der Waals surface area contributed by atoms with Crippen LogP contribution in [0.5, 0.6) is 0 Å². The van der Waals surface area contributed by atoms with Crippen LogP contribution in [-0.2, 0) is 15.5 Å². The van der Waals surface area contributed by atoms with Gasteiger partial charge in [-0.3, -0.25) is 0 Å². The molecule has 1 aliphatic rings. The van der Waals surface area contributed by atoms with Crippen molar-refractivity contribution in [3.63, 3.8) is 0 Å². The highest BCUT2D eigenvalue weighted by Crippen LogP contribution is 2.39. The summed E-state index contributed by atoms with van der Waals surface area (Å²) in [5, 5.41) is 9.17. The van der Waals surface area contributed by atoms with Crippen molar-refractivity contribution in [3.05, 3.63) is 40.4 Å². The predicted molar refractivity (Wildman–Crippen MR) is 89.3 cm³/mol. The molecule has 0 unspecified atom stereocenters. The zero-order valence-electron chi connectivity index (χ0n) is 14.6. The first-order chi connectivity index (χ1) is 11.4. The molecule has 1 heterocycles. The molecule has 2 N–H and O–H groups in total. The Morgan fingerprint density at radius 1 is 1.24 bits per heavy atom. The van der Waals surface area contributed by atoms with Crippen molar-refractivity contribution < 1.29 is 22.5 Å². The van der Waals surface area contributed by atoms with E-state index in [1.54, 1.807) is 0 Å². The minimum Gasteiger partial charge on any atom is -0.400 e. The van der Waals surface area contributed by atoms with E-state index in [1.165, 1.54) is 6.08 Å². The molecule has 0 aromatic heterocycles. The summed E-state index contributed by atoms with van der Waals surface area (Å²) in [5.41, 5.74) is 4.45. The molecule has 0 atom stereocenters. The number of alkyl halides is 3. The number of rotatable bonds is 3. The van der Waals surface area contributed by atoms with Crippen LogP contribution < -0.4 is 5.73 Å². The fraction of sp³-hybridized carbons (Fsp3) is 0.471. The highest BCUT2D eigenvalue weighted by atomic mass is 19.4. The van der Waals surface area contributed by atoms with Crippen LogP contribution in [0.15, 0.2) is 23.7 Å². The van der Waals surface area contributed by atoms with E-state index in [-0.39, 0.29) is 17.7 Å². The van der Waals surface area contributed by atoms with Crippen LogP contribution in [0.25, 0.3) is 6.08 Å². The van der Waals surface area contributed by atoms with Crippen LogP contribution in [-0.4, -0.2) is 24.9 Å². The van der Waals surface area contributed by atoms with Crippen molar-refractivity contribution in [1.82, 2.24) is 0 Å². The number of nitrogens with zero attached hydrogens (tertiary/aromatic N) is 1. The van der Waals surface area contributed by atoms with E-state index < -0.39 is 30.1 Å². The molecule has 1 saturated heterocycles. The molecular weight excluding hydrogens is 332 g/mol. The zero-order chi connectivity index (χ0) is 19.0. The van der Waals surface area contributed by atoms with Gasteiger partial charge in [-0.2, -0.15) is 18.4 Å². The number of hydrogen-bond donors (Lipinski definition) is 1. The Bertz CT molecular complexity index is 720. The minimum absolute atomic E-state index is 0.0257. The van der Waals surface area contributed by atoms with E-state index in [0.717, 1.165) is 18.2 Å². The van der Waals surface area contributed by atoms with Crippen LogP contribution in [0.3, 0.4) is 0 Å². The molecule has 1 aromatic carbocycles. The lowest BCUT2D eigenvalue weighted by molar-refractivity contribution is -0.137. The second kappa shape index (κ2) is 6.48. The van der Waals surface area contributed by atoms with Gasteiger partial charge in [-0.05, 0) is 56.9 Å². The van der Waals surface area contributed by atoms with Gasteiger partial charge in [0.25, 0.3) is 0 Å². The molecule has 8 heteroatoms. The van der Waals surface area contributed by atoms with Crippen molar-refractivity contribution in [1.29, 1.82) is 5.26 Å². The summed E-state index contributed by atoms with van der Waals surface area (Å²) >= 11 is 0. The second-order valence-corrected chi connectivity index (χ2v) is 6.92. The molecule has 1 aromatic rings. The van der Waals surface area contributed by atoms with Gasteiger partial charge < -0.3 is 15.0 Å². The molecule has 0 amide bonds. The molecule has 25 heavy (non-hydrogen) atoms. The van der Waals surface area contributed by atoms with E-state index in [1.807, 2.05) is 33.8 Å². The average Bonchev–Trinajstić information content (AvgIpc) is 2.71. The normalized spacial score (nSPS) is 19.8. The first-order valence-electron chi connectivity index (χ1n) is 7.79. The SMILES string of the molecule is CC1(C)OB(C(=Cc2cc(C(F)(F)F)ccc2C#N)CN)OC1(C)C. The Hall–Kier alpha value is -1.82. The summed E-state index contributed by atoms with van der Waals surface area (Å²) in [6.45, 7) is 7.49. The molecule has 1 aliphatic heterocycles. The first kappa shape index (κ1) is 19.5. The molecule has 134 valence electrons. The summed E-state index contributed by atoms with van der Waals surface area (Å²) in [7, 11) is -0.781. The third-order valence-corrected chi connectivity index (χ3v) is 4.63. The molecule has 0 radical (unpaired) electrons. The van der Waals surface area contributed by atoms with E-state index in [4.69, 9.17) is 15.0 Å². The van der Waals surface area contributed by atoms with Crippen LogP contribution in [0.4, 0.5) is 13.2 Å². The van der Waals surface area contributed by atoms with Crippen molar-refractivity contribution in [2.24, 2.45) is 5.73 Å². The molecule has 4 nitrogen and oxygen atoms in total. The van der Waals surface area contributed by atoms with Gasteiger partial charge in [-0.1, -0.05) is 6.08 Å². The summed E-state index contributed by atoms with van der Waals surface area (Å²) in [6.07, 6.45) is -3.06. The lowest BCUT2D eigenvalue weighted by Crippen LogP contribution is -2.41. The van der Waals surface area contributed by atoms with Crippen LogP contribution in [0.2, 0.25) is 0 Å². The van der Waals surface area contributed by atoms with Gasteiger partial charge in [0.05, 0.1) is 28.4 Å². The number of benzene rings is 1. The van der Waals surface area contributed by atoms with Gasteiger partial charge in [-0.15, -0.1) is 0 Å². The fourth-order valence-corrected chi connectivity index (χ4v) is 2.38. The number of nitriles is 1. The molecule has 1 fully saturated rings. The Labute approximate surface area is 145 Å². The van der Waals surface area contributed by atoms with Crippen molar-refractivity contribution in [2.75, 3.05) is 6.54 Å². The van der Waals surface area contributed by atoms with Crippen LogP contribution in [0.1, 0.15) is 44.4 Å². The van der Waals surface area contributed by atoms with Crippen molar-refractivity contribution in [3.8, 4) is 6.07 Å². The maximum Gasteiger partial charge on any atom is 0.491 e. The first-order valence-corrected chi connectivity index (χ1v) is 7.79. The zero-order valence-corrected chi connectivity index (χ0v) is 14.6. The molecule has 0 spiro atoms. The van der Waals surface area contributed by atoms with Gasteiger partial charge in [0.2, 0.25) is 0 Å². The molecular formula is C17H20BF3N2O2. The molecule has 0 saturated carbocycles. The molecule has 0 aliphatic carbocycles. The van der Waals surface area contributed by atoms with E-state index in [2.05, 4.69) is 0 Å². The van der Waals surface area contributed by atoms with Gasteiger partial charge in [-0.25, -0.2) is 0 Å². The third-order valence-electron chi connectivity index (χ3n) is 4.63. The topological polar surface area (TPSA) is 68.3 Å². The van der Waals surface area contributed by atoms with Gasteiger partial charge >= 0.3 is 13.3 Å². The Morgan fingerprint density at radius 2 is 1.80 bits per heavy atom. The Kier molecular flexibility index (Phi) is 5.06. The Balaban J connectivity index is 2.45. The van der Waals surface area contributed by atoms with E-state index in [0.29, 0.717) is 5.47 Å². The largest absolute Gasteiger partial charge is 0.491 e. The minimum atomic E-state index is -4.50. The van der Waals surface area contributed by atoms with Crippen LogP contribution >= 0.6 is 0 Å². The van der Waals surface area contributed by atoms with Gasteiger partial charge in [0, 0.05) is 6.54 Å².